The van der Waals surface area contributed by atoms with Crippen LogP contribution in [-0.4, -0.2) is 37.8 Å². The first-order valence-corrected chi connectivity index (χ1v) is 12.3. The van der Waals surface area contributed by atoms with Crippen molar-refractivity contribution in [3.63, 3.8) is 0 Å². The number of benzene rings is 1. The smallest absolute Gasteiger partial charge is 0.227 e. The van der Waals surface area contributed by atoms with Gasteiger partial charge in [-0.15, -0.1) is 21.5 Å². The zero-order valence-electron chi connectivity index (χ0n) is 17.9. The lowest BCUT2D eigenvalue weighted by Gasteiger charge is -2.09. The Balaban J connectivity index is 1.28. The maximum absolute atomic E-state index is 5.58. The molecule has 0 atom stereocenters. The van der Waals surface area contributed by atoms with E-state index in [9.17, 15) is 0 Å². The summed E-state index contributed by atoms with van der Waals surface area (Å²) in [5.41, 5.74) is 0.937. The van der Waals surface area contributed by atoms with Crippen LogP contribution in [0.3, 0.4) is 0 Å². The first kappa shape index (κ1) is 21.5. The Bertz CT molecular complexity index is 1300. The van der Waals surface area contributed by atoms with E-state index in [0.717, 1.165) is 45.1 Å². The molecule has 4 aromatic heterocycles. The van der Waals surface area contributed by atoms with Crippen LogP contribution in [0.4, 0.5) is 0 Å². The van der Waals surface area contributed by atoms with E-state index in [-0.39, 0.29) is 0 Å². The van der Waals surface area contributed by atoms with E-state index in [1.54, 1.807) is 36.5 Å². The second-order valence-corrected chi connectivity index (χ2v) is 9.15. The van der Waals surface area contributed by atoms with Gasteiger partial charge in [0.2, 0.25) is 11.7 Å². The molecule has 0 fully saturated rings. The molecule has 0 aliphatic carbocycles. The number of hydrogen-bond acceptors (Lipinski definition) is 9. The molecule has 33 heavy (non-hydrogen) atoms. The summed E-state index contributed by atoms with van der Waals surface area (Å²) in [4.78, 5) is 5.50. The van der Waals surface area contributed by atoms with E-state index >= 15 is 0 Å². The molecule has 10 heteroatoms. The fourth-order valence-corrected chi connectivity index (χ4v) is 4.85. The summed E-state index contributed by atoms with van der Waals surface area (Å²) in [6.07, 6.45) is 3.26. The number of thioether (sulfide) groups is 1. The van der Waals surface area contributed by atoms with Gasteiger partial charge in [0.25, 0.3) is 0 Å². The molecular weight excluding hydrogens is 458 g/mol. The zero-order chi connectivity index (χ0) is 22.5. The summed E-state index contributed by atoms with van der Waals surface area (Å²) in [6, 6.07) is 15.6. The molecule has 168 valence electrons. The van der Waals surface area contributed by atoms with Gasteiger partial charge in [-0.25, -0.2) is 0 Å². The van der Waals surface area contributed by atoms with Gasteiger partial charge < -0.3 is 13.7 Å². The van der Waals surface area contributed by atoms with Crippen LogP contribution in [0.25, 0.3) is 22.1 Å². The van der Waals surface area contributed by atoms with Crippen molar-refractivity contribution >= 4 is 23.1 Å². The normalized spacial score (nSPS) is 11.2. The molecule has 5 rings (SSSR count). The highest BCUT2D eigenvalue weighted by Gasteiger charge is 2.17. The summed E-state index contributed by atoms with van der Waals surface area (Å²) in [5.74, 6) is 4.51. The third-order valence-electron chi connectivity index (χ3n) is 4.91. The predicted octanol–water partition coefficient (Wildman–Crippen LogP) is 5.43. The van der Waals surface area contributed by atoms with Crippen LogP contribution in [-0.2, 0) is 13.0 Å². The molecule has 0 aliphatic heterocycles. The van der Waals surface area contributed by atoms with Gasteiger partial charge in [0.1, 0.15) is 11.5 Å². The Hall–Kier alpha value is -3.37. The number of methoxy groups -OCH3 is 1. The van der Waals surface area contributed by atoms with E-state index in [1.165, 1.54) is 0 Å². The standard InChI is InChI=1S/C23H21N5O3S2/c1-29-17-7-2-6-16(14-17)22-25-26-23(28(22)15-18-8-3-11-30-18)33-13-5-10-20-24-21(27-31-20)19-9-4-12-32-19/h2-4,6-9,11-12,14H,5,10,13,15H2,1H3. The minimum Gasteiger partial charge on any atom is -0.497 e. The Kier molecular flexibility index (Phi) is 6.54. The van der Waals surface area contributed by atoms with E-state index in [4.69, 9.17) is 13.7 Å². The largest absolute Gasteiger partial charge is 0.497 e. The summed E-state index contributed by atoms with van der Waals surface area (Å²) in [7, 11) is 1.65. The van der Waals surface area contributed by atoms with Crippen LogP contribution in [0, 0.1) is 0 Å². The van der Waals surface area contributed by atoms with Crippen LogP contribution in [0.15, 0.2) is 74.3 Å². The molecule has 0 saturated heterocycles. The van der Waals surface area contributed by atoms with Crippen LogP contribution < -0.4 is 4.74 Å². The van der Waals surface area contributed by atoms with Gasteiger partial charge >= 0.3 is 0 Å². The maximum atomic E-state index is 5.58. The molecule has 0 amide bonds. The van der Waals surface area contributed by atoms with Crippen LogP contribution in [0.2, 0.25) is 0 Å². The third-order valence-corrected chi connectivity index (χ3v) is 6.83. The van der Waals surface area contributed by atoms with Gasteiger partial charge in [-0.3, -0.25) is 4.57 Å². The Morgan fingerprint density at radius 2 is 2.09 bits per heavy atom. The lowest BCUT2D eigenvalue weighted by Crippen LogP contribution is -2.04. The number of aryl methyl sites for hydroxylation is 1. The summed E-state index contributed by atoms with van der Waals surface area (Å²) < 4.78 is 18.4. The molecule has 8 nitrogen and oxygen atoms in total. The highest BCUT2D eigenvalue weighted by atomic mass is 32.2. The van der Waals surface area contributed by atoms with Gasteiger partial charge in [-0.05, 0) is 42.1 Å². The molecule has 0 spiro atoms. The number of ether oxygens (including phenoxy) is 1. The van der Waals surface area contributed by atoms with Crippen LogP contribution in [0.5, 0.6) is 5.75 Å². The SMILES string of the molecule is COc1cccc(-c2nnc(SCCCc3nc(-c4cccs4)no3)n2Cc2ccco2)c1. The second-order valence-electron chi connectivity index (χ2n) is 7.14. The fourth-order valence-electron chi connectivity index (χ4n) is 3.32. The van der Waals surface area contributed by atoms with E-state index in [2.05, 4.69) is 24.9 Å². The van der Waals surface area contributed by atoms with Crippen molar-refractivity contribution in [1.82, 2.24) is 24.9 Å². The van der Waals surface area contributed by atoms with Crippen molar-refractivity contribution in [2.45, 2.75) is 24.5 Å². The predicted molar refractivity (Wildman–Crippen MR) is 126 cm³/mol. The van der Waals surface area contributed by atoms with Crippen LogP contribution in [0.1, 0.15) is 18.1 Å². The maximum Gasteiger partial charge on any atom is 0.227 e. The Morgan fingerprint density at radius 3 is 2.91 bits per heavy atom. The summed E-state index contributed by atoms with van der Waals surface area (Å²) >= 11 is 3.24. The van der Waals surface area contributed by atoms with Crippen molar-refractivity contribution in [2.24, 2.45) is 0 Å². The van der Waals surface area contributed by atoms with Crippen molar-refractivity contribution < 1.29 is 13.7 Å². The van der Waals surface area contributed by atoms with Gasteiger partial charge in [0, 0.05) is 17.7 Å². The molecule has 1 aromatic carbocycles. The van der Waals surface area contributed by atoms with Crippen LogP contribution >= 0.6 is 23.1 Å². The van der Waals surface area contributed by atoms with Gasteiger partial charge in [0.05, 0.1) is 24.8 Å². The molecule has 5 aromatic rings. The molecule has 4 heterocycles. The van der Waals surface area contributed by atoms with Gasteiger partial charge in [-0.2, -0.15) is 4.98 Å². The monoisotopic (exact) mass is 479 g/mol. The number of furan rings is 1. The molecule has 0 aliphatic rings. The fraction of sp³-hybridized carbons (Fsp3) is 0.217. The van der Waals surface area contributed by atoms with Crippen molar-refractivity contribution in [3.8, 4) is 27.8 Å². The van der Waals surface area contributed by atoms with E-state index < -0.39 is 0 Å². The average Bonchev–Trinajstić information content (AvgIpc) is 3.65. The molecule has 0 radical (unpaired) electrons. The topological polar surface area (TPSA) is 92.0 Å². The molecule has 0 unspecified atom stereocenters. The highest BCUT2D eigenvalue weighted by molar-refractivity contribution is 7.99. The first-order chi connectivity index (χ1) is 16.3. The first-order valence-electron chi connectivity index (χ1n) is 10.4. The second kappa shape index (κ2) is 10.1. The minimum absolute atomic E-state index is 0.544. The number of aromatic nitrogens is 5. The molecule has 0 saturated carbocycles. The summed E-state index contributed by atoms with van der Waals surface area (Å²) in [6.45, 7) is 0.544. The lowest BCUT2D eigenvalue weighted by molar-refractivity contribution is 0.378. The third kappa shape index (κ3) is 5.01. The Morgan fingerprint density at radius 1 is 1.12 bits per heavy atom. The average molecular weight is 480 g/mol. The summed E-state index contributed by atoms with van der Waals surface area (Å²) in [5, 5.41) is 15.8. The number of rotatable bonds is 10. The molecular formula is C23H21N5O3S2. The lowest BCUT2D eigenvalue weighted by atomic mass is 10.2. The number of nitrogens with zero attached hydrogens (tertiary/aromatic N) is 5. The molecule has 0 N–H and O–H groups in total. The van der Waals surface area contributed by atoms with E-state index in [0.29, 0.717) is 24.7 Å². The quantitative estimate of drug-likeness (QED) is 0.193. The van der Waals surface area contributed by atoms with Crippen molar-refractivity contribution in [3.05, 3.63) is 71.8 Å². The number of thiophene rings is 1. The van der Waals surface area contributed by atoms with Gasteiger partial charge in [0.15, 0.2) is 11.0 Å². The molecule has 0 bridgehead atoms. The number of hydrogen-bond donors (Lipinski definition) is 0. The Labute approximate surface area is 198 Å². The van der Waals surface area contributed by atoms with Crippen molar-refractivity contribution in [2.75, 3.05) is 12.9 Å². The zero-order valence-corrected chi connectivity index (χ0v) is 19.5. The van der Waals surface area contributed by atoms with E-state index in [1.807, 2.05) is 53.9 Å². The minimum atomic E-state index is 0.544. The van der Waals surface area contributed by atoms with Gasteiger partial charge in [-0.1, -0.05) is 35.1 Å². The van der Waals surface area contributed by atoms with Crippen molar-refractivity contribution in [1.29, 1.82) is 0 Å². The highest BCUT2D eigenvalue weighted by Crippen LogP contribution is 2.28.